The molecule has 0 bridgehead atoms. The summed E-state index contributed by atoms with van der Waals surface area (Å²) in [5, 5.41) is 4.03. The Morgan fingerprint density at radius 2 is 1.91 bits per heavy atom. The number of hydrogen-bond donors (Lipinski definition) is 2. The molecule has 184 valence electrons. The molecular weight excluding hydrogens is 596 g/mol. The third-order valence-corrected chi connectivity index (χ3v) is 8.36. The van der Waals surface area contributed by atoms with Crippen LogP contribution in [0.2, 0.25) is 0 Å². The number of H-pyrrole nitrogens is 1. The van der Waals surface area contributed by atoms with Gasteiger partial charge >= 0.3 is 5.97 Å². The van der Waals surface area contributed by atoms with Gasteiger partial charge in [0.05, 0.1) is 13.0 Å². The van der Waals surface area contributed by atoms with Crippen molar-refractivity contribution in [3.63, 3.8) is 0 Å². The van der Waals surface area contributed by atoms with Gasteiger partial charge in [-0.3, -0.25) is 14.4 Å². The topological polar surface area (TPSA) is 88.3 Å². The lowest BCUT2D eigenvalue weighted by Gasteiger charge is -2.23. The molecule has 35 heavy (non-hydrogen) atoms. The molecule has 1 amide bonds. The molecule has 0 saturated carbocycles. The molecular formula is C26H26Br2N2O4S. The van der Waals surface area contributed by atoms with Gasteiger partial charge in [-0.25, -0.2) is 0 Å². The zero-order valence-corrected chi connectivity index (χ0v) is 23.4. The van der Waals surface area contributed by atoms with Gasteiger partial charge < -0.3 is 15.0 Å². The Bertz CT molecular complexity index is 1290. The van der Waals surface area contributed by atoms with Gasteiger partial charge in [-0.2, -0.15) is 0 Å². The van der Waals surface area contributed by atoms with E-state index in [1.54, 1.807) is 0 Å². The highest BCUT2D eigenvalue weighted by Gasteiger charge is 2.35. The summed E-state index contributed by atoms with van der Waals surface area (Å²) >= 11 is 8.23. The Hall–Kier alpha value is -2.10. The van der Waals surface area contributed by atoms with E-state index in [2.05, 4.69) is 54.3 Å². The van der Waals surface area contributed by atoms with Crippen molar-refractivity contribution in [1.82, 2.24) is 4.98 Å². The number of nitrogens with one attached hydrogen (secondary N) is 2. The minimum absolute atomic E-state index is 0.00828. The van der Waals surface area contributed by atoms with Gasteiger partial charge in [-0.15, -0.1) is 0 Å². The molecule has 1 aliphatic rings. The quantitative estimate of drug-likeness (QED) is 0.286. The van der Waals surface area contributed by atoms with Gasteiger partial charge in [0.15, 0.2) is 5.12 Å². The number of hydrogen-bond acceptors (Lipinski definition) is 5. The second-order valence-corrected chi connectivity index (χ2v) is 11.7. The first-order chi connectivity index (χ1) is 16.8. The van der Waals surface area contributed by atoms with Crippen LogP contribution in [0, 0.1) is 5.92 Å². The number of ether oxygens (including phenoxy) is 1. The number of methoxy groups -OCH3 is 1. The van der Waals surface area contributed by atoms with E-state index in [0.717, 1.165) is 38.3 Å². The molecule has 0 aliphatic heterocycles. The maximum Gasteiger partial charge on any atom is 0.305 e. The molecule has 6 nitrogen and oxygen atoms in total. The highest BCUT2D eigenvalue weighted by atomic mass is 79.9. The minimum atomic E-state index is -0.377. The van der Waals surface area contributed by atoms with E-state index in [1.807, 2.05) is 24.3 Å². The number of carbonyl (C=O) groups is 3. The van der Waals surface area contributed by atoms with Gasteiger partial charge in [0.25, 0.3) is 0 Å². The SMILES string of the molecule is COC(=O)CCc1c(NC(=O)C(CSC(C)=O)C2CCc3cc(Br)ccc32)[nH]c2ccc(Br)cc12. The van der Waals surface area contributed by atoms with E-state index < -0.39 is 0 Å². The second-order valence-electron chi connectivity index (χ2n) is 8.63. The average molecular weight is 622 g/mol. The third kappa shape index (κ3) is 6.01. The van der Waals surface area contributed by atoms with E-state index in [-0.39, 0.29) is 35.2 Å². The fourth-order valence-electron chi connectivity index (χ4n) is 4.75. The molecule has 4 rings (SSSR count). The predicted octanol–water partition coefficient (Wildman–Crippen LogP) is 6.36. The summed E-state index contributed by atoms with van der Waals surface area (Å²) in [6.45, 7) is 1.53. The Kier molecular flexibility index (Phi) is 8.39. The maximum absolute atomic E-state index is 13.7. The Labute approximate surface area is 225 Å². The van der Waals surface area contributed by atoms with Gasteiger partial charge in [0.1, 0.15) is 5.82 Å². The first-order valence-corrected chi connectivity index (χ1v) is 13.9. The van der Waals surface area contributed by atoms with Crippen molar-refractivity contribution >= 4 is 77.3 Å². The van der Waals surface area contributed by atoms with Crippen LogP contribution >= 0.6 is 43.6 Å². The first kappa shape index (κ1) is 26.0. The third-order valence-electron chi connectivity index (χ3n) is 6.44. The maximum atomic E-state index is 13.7. The highest BCUT2D eigenvalue weighted by molar-refractivity contribution is 9.10. The number of benzene rings is 2. The van der Waals surface area contributed by atoms with Crippen molar-refractivity contribution in [3.05, 3.63) is 62.0 Å². The highest BCUT2D eigenvalue weighted by Crippen LogP contribution is 2.41. The predicted molar refractivity (Wildman–Crippen MR) is 147 cm³/mol. The number of carbonyl (C=O) groups excluding carboxylic acids is 3. The summed E-state index contributed by atoms with van der Waals surface area (Å²) in [4.78, 5) is 40.7. The van der Waals surface area contributed by atoms with Crippen LogP contribution in [-0.2, 0) is 32.0 Å². The molecule has 0 fully saturated rings. The zero-order valence-electron chi connectivity index (χ0n) is 19.5. The van der Waals surface area contributed by atoms with E-state index in [9.17, 15) is 14.4 Å². The number of halogens is 2. The van der Waals surface area contributed by atoms with Gasteiger partial charge in [0.2, 0.25) is 5.91 Å². The number of anilines is 1. The molecule has 1 heterocycles. The van der Waals surface area contributed by atoms with Crippen molar-refractivity contribution in [1.29, 1.82) is 0 Å². The van der Waals surface area contributed by atoms with Gasteiger partial charge in [0, 0.05) is 44.5 Å². The van der Waals surface area contributed by atoms with Crippen LogP contribution in [0.5, 0.6) is 0 Å². The fourth-order valence-corrected chi connectivity index (χ4v) is 6.32. The molecule has 2 aromatic carbocycles. The molecule has 3 aromatic rings. The minimum Gasteiger partial charge on any atom is -0.469 e. The zero-order chi connectivity index (χ0) is 25.1. The van der Waals surface area contributed by atoms with Crippen molar-refractivity contribution in [2.24, 2.45) is 5.92 Å². The summed E-state index contributed by atoms with van der Waals surface area (Å²) in [7, 11) is 1.37. The molecule has 2 atom stereocenters. The van der Waals surface area contributed by atoms with E-state index in [0.29, 0.717) is 18.0 Å². The van der Waals surface area contributed by atoms with Crippen molar-refractivity contribution in [2.45, 2.75) is 38.5 Å². The first-order valence-electron chi connectivity index (χ1n) is 11.4. The summed E-state index contributed by atoms with van der Waals surface area (Å²) in [5.74, 6) is 0.198. The second kappa shape index (κ2) is 11.3. The van der Waals surface area contributed by atoms with Crippen LogP contribution in [0.3, 0.4) is 0 Å². The lowest BCUT2D eigenvalue weighted by atomic mass is 9.87. The van der Waals surface area contributed by atoms with E-state index >= 15 is 0 Å². The molecule has 0 saturated heterocycles. The summed E-state index contributed by atoms with van der Waals surface area (Å²) < 4.78 is 6.75. The summed E-state index contributed by atoms with van der Waals surface area (Å²) in [6, 6.07) is 12.0. The number of fused-ring (bicyclic) bond motifs is 2. The molecule has 0 radical (unpaired) electrons. The van der Waals surface area contributed by atoms with E-state index in [4.69, 9.17) is 4.74 Å². The van der Waals surface area contributed by atoms with E-state index in [1.165, 1.54) is 36.9 Å². The average Bonchev–Trinajstić information content (AvgIpc) is 3.37. The van der Waals surface area contributed by atoms with Crippen LogP contribution in [0.15, 0.2) is 45.3 Å². The van der Waals surface area contributed by atoms with Crippen molar-refractivity contribution in [3.8, 4) is 0 Å². The van der Waals surface area contributed by atoms with Gasteiger partial charge in [-0.1, -0.05) is 49.7 Å². The molecule has 1 aromatic heterocycles. The Balaban J connectivity index is 1.65. The lowest BCUT2D eigenvalue weighted by Crippen LogP contribution is -2.30. The van der Waals surface area contributed by atoms with Crippen molar-refractivity contribution in [2.75, 3.05) is 18.2 Å². The van der Waals surface area contributed by atoms with Crippen LogP contribution < -0.4 is 5.32 Å². The van der Waals surface area contributed by atoms with Crippen LogP contribution in [0.1, 0.15) is 42.4 Å². The molecule has 0 spiro atoms. The number of amides is 1. The van der Waals surface area contributed by atoms with Crippen LogP contribution in [-0.4, -0.2) is 34.8 Å². The Morgan fingerprint density at radius 3 is 2.66 bits per heavy atom. The smallest absolute Gasteiger partial charge is 0.305 e. The summed E-state index contributed by atoms with van der Waals surface area (Å²) in [6.07, 6.45) is 2.38. The molecule has 9 heteroatoms. The normalized spacial score (nSPS) is 15.6. The monoisotopic (exact) mass is 620 g/mol. The number of aryl methyl sites for hydroxylation is 2. The van der Waals surface area contributed by atoms with Gasteiger partial charge in [-0.05, 0) is 66.6 Å². The number of thioether (sulfide) groups is 1. The lowest BCUT2D eigenvalue weighted by molar-refractivity contribution is -0.140. The number of esters is 1. The molecule has 2 unspecified atom stereocenters. The number of aromatic amines is 1. The molecule has 2 N–H and O–H groups in total. The summed E-state index contributed by atoms with van der Waals surface area (Å²) in [5.41, 5.74) is 4.14. The Morgan fingerprint density at radius 1 is 1.17 bits per heavy atom. The van der Waals surface area contributed by atoms with Crippen molar-refractivity contribution < 1.29 is 19.1 Å². The number of aromatic nitrogens is 1. The standard InChI is InChI=1S/C26H26Br2N2O4S/c1-14(31)35-13-22(19-6-3-15-11-16(27)4-7-18(15)19)26(33)30-25-20(8-10-24(32)34-2)21-12-17(28)5-9-23(21)29-25/h4-5,7,9,11-12,19,22,29H,3,6,8,10,13H2,1-2H3,(H,30,33). The number of rotatable bonds is 8. The molecule has 1 aliphatic carbocycles. The fraction of sp³-hybridized carbons (Fsp3) is 0.346. The van der Waals surface area contributed by atoms with Crippen LogP contribution in [0.4, 0.5) is 5.82 Å². The largest absolute Gasteiger partial charge is 0.469 e. The van der Waals surface area contributed by atoms with Crippen LogP contribution in [0.25, 0.3) is 10.9 Å².